The monoisotopic (exact) mass is 592 g/mol. The number of amides is 1. The van der Waals surface area contributed by atoms with E-state index in [1.54, 1.807) is 24.1 Å². The van der Waals surface area contributed by atoms with Crippen LogP contribution in [0.3, 0.4) is 0 Å². The van der Waals surface area contributed by atoms with Crippen molar-refractivity contribution in [2.24, 2.45) is 0 Å². The molecule has 43 heavy (non-hydrogen) atoms. The van der Waals surface area contributed by atoms with Crippen LogP contribution in [0.15, 0.2) is 24.3 Å². The predicted molar refractivity (Wildman–Crippen MR) is 166 cm³/mol. The molecule has 2 aromatic carbocycles. The average Bonchev–Trinajstić information content (AvgIpc) is 3.59. The number of amidine groups is 1. The highest BCUT2D eigenvalue weighted by Crippen LogP contribution is 2.42. The summed E-state index contributed by atoms with van der Waals surface area (Å²) < 4.78 is 12.1. The number of nitrogens with one attached hydrogen (secondary N) is 2. The third kappa shape index (κ3) is 7.29. The van der Waals surface area contributed by atoms with Gasteiger partial charge in [0.1, 0.15) is 17.3 Å². The van der Waals surface area contributed by atoms with E-state index in [1.165, 1.54) is 0 Å². The molecule has 0 radical (unpaired) electrons. The maximum Gasteiger partial charge on any atom is 0.303 e. The van der Waals surface area contributed by atoms with Gasteiger partial charge in [-0.1, -0.05) is 20.8 Å². The van der Waals surface area contributed by atoms with E-state index >= 15 is 0 Å². The fourth-order valence-corrected chi connectivity index (χ4v) is 5.64. The number of nitrogens with zero attached hydrogens (tertiary/aromatic N) is 2. The van der Waals surface area contributed by atoms with Crippen LogP contribution in [-0.2, 0) is 16.8 Å². The number of hydrogen-bond donors (Lipinski definition) is 3. The molecular weight excluding hydrogens is 548 g/mol. The third-order valence-corrected chi connectivity index (χ3v) is 7.92. The molecule has 0 atom stereocenters. The van der Waals surface area contributed by atoms with Gasteiger partial charge in [-0.15, -0.1) is 0 Å². The predicted octanol–water partition coefficient (Wildman–Crippen LogP) is 5.00. The van der Waals surface area contributed by atoms with Gasteiger partial charge in [0.2, 0.25) is 0 Å². The summed E-state index contributed by atoms with van der Waals surface area (Å²) in [5, 5.41) is 20.4. The Labute approximate surface area is 253 Å². The number of benzene rings is 2. The minimum absolute atomic E-state index is 0.0191. The van der Waals surface area contributed by atoms with E-state index in [0.717, 1.165) is 48.5 Å². The zero-order valence-corrected chi connectivity index (χ0v) is 26.0. The molecule has 2 heterocycles. The molecule has 2 aromatic rings. The number of unbranched alkanes of at least 4 members (excludes halogenated alkanes) is 1. The van der Waals surface area contributed by atoms with E-state index in [4.69, 9.17) is 20.0 Å². The smallest absolute Gasteiger partial charge is 0.303 e. The molecule has 1 amide bonds. The average molecular weight is 593 g/mol. The number of hydrogen-bond acceptors (Lipinski definition) is 7. The number of rotatable bonds is 13. The number of Topliss-reactive ketones (excluding diaryl/α,β-unsaturated/α-hetero) is 1. The van der Waals surface area contributed by atoms with Gasteiger partial charge in [0, 0.05) is 49.8 Å². The number of ether oxygens (including phenoxy) is 2. The Bertz CT molecular complexity index is 1390. The van der Waals surface area contributed by atoms with Gasteiger partial charge in [-0.25, -0.2) is 0 Å². The summed E-state index contributed by atoms with van der Waals surface area (Å²) in [7, 11) is 1.56. The van der Waals surface area contributed by atoms with Gasteiger partial charge in [0.25, 0.3) is 5.91 Å². The van der Waals surface area contributed by atoms with Crippen LogP contribution < -0.4 is 19.7 Å². The maximum absolute atomic E-state index is 13.9. The molecule has 1 saturated heterocycles. The Morgan fingerprint density at radius 1 is 1.05 bits per heavy atom. The van der Waals surface area contributed by atoms with Crippen molar-refractivity contribution in [3.8, 4) is 11.5 Å². The zero-order valence-electron chi connectivity index (χ0n) is 26.0. The number of carboxylic acid groups (broad SMARTS) is 1. The summed E-state index contributed by atoms with van der Waals surface area (Å²) in [6.07, 6.45) is 3.40. The van der Waals surface area contributed by atoms with Gasteiger partial charge in [-0.3, -0.25) is 19.8 Å². The van der Waals surface area contributed by atoms with Gasteiger partial charge in [-0.05, 0) is 67.9 Å². The summed E-state index contributed by atoms with van der Waals surface area (Å²) in [5.74, 6) is 0.216. The molecule has 10 heteroatoms. The molecule has 3 N–H and O–H groups in total. The molecule has 232 valence electrons. The number of anilines is 1. The second kappa shape index (κ2) is 13.5. The van der Waals surface area contributed by atoms with Crippen LogP contribution in [0.2, 0.25) is 0 Å². The molecule has 0 unspecified atom stereocenters. The van der Waals surface area contributed by atoms with Gasteiger partial charge in [0.05, 0.1) is 31.0 Å². The maximum atomic E-state index is 13.9. The van der Waals surface area contributed by atoms with Gasteiger partial charge >= 0.3 is 5.97 Å². The molecule has 0 bridgehead atoms. The van der Waals surface area contributed by atoms with Crippen LogP contribution in [0.5, 0.6) is 11.5 Å². The fourth-order valence-electron chi connectivity index (χ4n) is 5.64. The number of carbonyl (C=O) groups is 3. The van der Waals surface area contributed by atoms with Crippen molar-refractivity contribution in [3.63, 3.8) is 0 Å². The van der Waals surface area contributed by atoms with E-state index in [1.807, 2.05) is 19.1 Å². The lowest BCUT2D eigenvalue weighted by Gasteiger charge is -2.30. The number of fused-ring (bicyclic) bond motifs is 1. The number of ketones is 1. The number of aliphatic carboxylic acids is 1. The van der Waals surface area contributed by atoms with Crippen molar-refractivity contribution in [3.05, 3.63) is 52.1 Å². The van der Waals surface area contributed by atoms with Crippen LogP contribution in [0.4, 0.5) is 5.69 Å². The first-order valence-electron chi connectivity index (χ1n) is 15.1. The van der Waals surface area contributed by atoms with E-state index < -0.39 is 5.97 Å². The van der Waals surface area contributed by atoms with Crippen LogP contribution in [0.1, 0.15) is 97.2 Å². The van der Waals surface area contributed by atoms with Crippen molar-refractivity contribution in [1.82, 2.24) is 10.2 Å². The molecule has 1 fully saturated rings. The van der Waals surface area contributed by atoms with Crippen molar-refractivity contribution in [1.29, 1.82) is 5.41 Å². The molecule has 0 aliphatic carbocycles. The molecule has 4 rings (SSSR count). The first-order chi connectivity index (χ1) is 20.4. The van der Waals surface area contributed by atoms with E-state index in [9.17, 15) is 14.4 Å². The molecule has 10 nitrogen and oxygen atoms in total. The van der Waals surface area contributed by atoms with Crippen LogP contribution in [-0.4, -0.2) is 73.4 Å². The first-order valence-corrected chi connectivity index (χ1v) is 15.1. The Morgan fingerprint density at radius 3 is 2.40 bits per heavy atom. The molecule has 0 aromatic heterocycles. The largest absolute Gasteiger partial charge is 0.493 e. The zero-order chi connectivity index (χ0) is 31.3. The van der Waals surface area contributed by atoms with Crippen molar-refractivity contribution in [2.45, 2.75) is 71.8 Å². The minimum Gasteiger partial charge on any atom is -0.493 e. The number of carboxylic acids is 1. The Hall–Kier alpha value is -4.08. The Balaban J connectivity index is 1.62. The quantitative estimate of drug-likeness (QED) is 0.219. The normalized spacial score (nSPS) is 14.6. The van der Waals surface area contributed by atoms with Gasteiger partial charge in [0.15, 0.2) is 5.78 Å². The highest BCUT2D eigenvalue weighted by molar-refractivity contribution is 6.08. The van der Waals surface area contributed by atoms with Crippen molar-refractivity contribution >= 4 is 29.2 Å². The summed E-state index contributed by atoms with van der Waals surface area (Å²) in [6.45, 7) is 11.1. The Morgan fingerprint density at radius 2 is 1.77 bits per heavy atom. The molecule has 2 aliphatic rings. The standard InChI is InChI=1S/C33H44N4O6/c1-6-42-28-17-22-19-37(31(34)23(22)18-24(28)32(41)35-5)20-27(38)21-15-25(33(2,3)4)30(43-14-10-7-11-29(39)40)26(16-21)36-12-8-9-13-36/h15-18,34H,6-14,19-20H2,1-5H3,(H,35,41)(H,39,40). The Kier molecular flexibility index (Phi) is 9.98. The van der Waals surface area contributed by atoms with Gasteiger partial charge < -0.3 is 29.7 Å². The molecule has 2 aliphatic heterocycles. The van der Waals surface area contributed by atoms with Crippen molar-refractivity contribution in [2.75, 3.05) is 44.8 Å². The third-order valence-electron chi connectivity index (χ3n) is 7.92. The minimum atomic E-state index is -0.813. The van der Waals surface area contributed by atoms with E-state index in [0.29, 0.717) is 55.0 Å². The van der Waals surface area contributed by atoms with E-state index in [-0.39, 0.29) is 35.9 Å². The van der Waals surface area contributed by atoms with E-state index in [2.05, 4.69) is 31.0 Å². The van der Waals surface area contributed by atoms with Crippen LogP contribution in [0, 0.1) is 5.41 Å². The lowest BCUT2D eigenvalue weighted by atomic mass is 9.84. The fraction of sp³-hybridized carbons (Fsp3) is 0.515. The van der Waals surface area contributed by atoms with Gasteiger partial charge in [-0.2, -0.15) is 0 Å². The summed E-state index contributed by atoms with van der Waals surface area (Å²) in [4.78, 5) is 41.3. The molecule has 0 spiro atoms. The summed E-state index contributed by atoms with van der Waals surface area (Å²) in [5.41, 5.74) is 3.89. The van der Waals surface area contributed by atoms with Crippen LogP contribution in [0.25, 0.3) is 0 Å². The molecule has 0 saturated carbocycles. The second-order valence-electron chi connectivity index (χ2n) is 12.2. The first kappa shape index (κ1) is 31.8. The summed E-state index contributed by atoms with van der Waals surface area (Å²) >= 11 is 0. The topological polar surface area (TPSA) is 132 Å². The highest BCUT2D eigenvalue weighted by Gasteiger charge is 2.31. The SMILES string of the molecule is CCOc1cc2c(cc1C(=O)NC)C(=N)N(CC(=O)c1cc(N3CCCC3)c(OCCCCC(=O)O)c(C(C)(C)C)c1)C2. The second-order valence-corrected chi connectivity index (χ2v) is 12.2. The number of carbonyl (C=O) groups excluding carboxylic acids is 2. The highest BCUT2D eigenvalue weighted by atomic mass is 16.5. The van der Waals surface area contributed by atoms with Crippen LogP contribution >= 0.6 is 0 Å². The summed E-state index contributed by atoms with van der Waals surface area (Å²) in [6, 6.07) is 7.31. The molecular formula is C33H44N4O6. The lowest BCUT2D eigenvalue weighted by Crippen LogP contribution is -2.31. The lowest BCUT2D eigenvalue weighted by molar-refractivity contribution is -0.137. The van der Waals surface area contributed by atoms with Crippen molar-refractivity contribution < 1.29 is 29.0 Å².